The first-order valence-electron chi connectivity index (χ1n) is 7.74. The molecule has 0 saturated heterocycles. The van der Waals surface area contributed by atoms with Crippen molar-refractivity contribution in [3.05, 3.63) is 76.2 Å². The molecule has 0 spiro atoms. The van der Waals surface area contributed by atoms with E-state index in [0.29, 0.717) is 11.4 Å². The Morgan fingerprint density at radius 2 is 1.96 bits per heavy atom. The van der Waals surface area contributed by atoms with Gasteiger partial charge in [0.15, 0.2) is 0 Å². The molecular formula is C19H14ClN3OS. The molecule has 1 amide bonds. The summed E-state index contributed by atoms with van der Waals surface area (Å²) < 4.78 is 1.90. The summed E-state index contributed by atoms with van der Waals surface area (Å²) in [5.41, 5.74) is 3.46. The fourth-order valence-corrected chi connectivity index (χ4v) is 3.48. The maximum atomic E-state index is 12.1. The number of benzene rings is 1. The molecule has 4 aromatic rings. The normalized spacial score (nSPS) is 10.9. The van der Waals surface area contributed by atoms with Gasteiger partial charge in [0.2, 0.25) is 5.91 Å². The van der Waals surface area contributed by atoms with Crippen molar-refractivity contribution in [1.29, 1.82) is 0 Å². The van der Waals surface area contributed by atoms with Crippen LogP contribution in [0.25, 0.3) is 16.9 Å². The second-order valence-electron chi connectivity index (χ2n) is 5.62. The van der Waals surface area contributed by atoms with Gasteiger partial charge in [-0.2, -0.15) is 0 Å². The van der Waals surface area contributed by atoms with Crippen LogP contribution in [0.2, 0.25) is 5.02 Å². The molecule has 0 aliphatic heterocycles. The maximum Gasteiger partial charge on any atom is 0.229 e. The molecule has 6 heteroatoms. The second-order valence-corrected chi connectivity index (χ2v) is 7.09. The highest BCUT2D eigenvalue weighted by molar-refractivity contribution is 7.10. The molecule has 0 atom stereocenters. The zero-order chi connectivity index (χ0) is 17.2. The van der Waals surface area contributed by atoms with Gasteiger partial charge in [-0.3, -0.25) is 4.79 Å². The highest BCUT2D eigenvalue weighted by Crippen LogP contribution is 2.22. The molecule has 0 bridgehead atoms. The number of hydrogen-bond donors (Lipinski definition) is 1. The Hall–Kier alpha value is -2.63. The van der Waals surface area contributed by atoms with Gasteiger partial charge in [0.25, 0.3) is 0 Å². The first kappa shape index (κ1) is 15.9. The smallest absolute Gasteiger partial charge is 0.229 e. The first-order valence-corrected chi connectivity index (χ1v) is 9.00. The van der Waals surface area contributed by atoms with Crippen molar-refractivity contribution in [2.24, 2.45) is 0 Å². The zero-order valence-corrected chi connectivity index (χ0v) is 14.7. The second kappa shape index (κ2) is 6.70. The first-order chi connectivity index (χ1) is 12.2. The van der Waals surface area contributed by atoms with E-state index in [-0.39, 0.29) is 5.91 Å². The Bertz CT molecular complexity index is 1020. The van der Waals surface area contributed by atoms with E-state index in [2.05, 4.69) is 10.3 Å². The Labute approximate surface area is 153 Å². The molecule has 0 aliphatic rings. The summed E-state index contributed by atoms with van der Waals surface area (Å²) in [7, 11) is 0. The van der Waals surface area contributed by atoms with Gasteiger partial charge in [0.1, 0.15) is 5.65 Å². The van der Waals surface area contributed by atoms with Crippen molar-refractivity contribution in [2.45, 2.75) is 6.42 Å². The number of imidazole rings is 1. The molecule has 4 nitrogen and oxygen atoms in total. The average Bonchev–Trinajstić information content (AvgIpc) is 3.24. The third-order valence-corrected chi connectivity index (χ3v) is 4.89. The Kier molecular flexibility index (Phi) is 4.26. The van der Waals surface area contributed by atoms with E-state index in [0.717, 1.165) is 27.5 Å². The number of rotatable bonds is 4. The minimum Gasteiger partial charge on any atom is -0.326 e. The van der Waals surface area contributed by atoms with Crippen molar-refractivity contribution in [3.8, 4) is 11.3 Å². The summed E-state index contributed by atoms with van der Waals surface area (Å²) in [5, 5.41) is 5.56. The summed E-state index contributed by atoms with van der Waals surface area (Å²) in [6.07, 6.45) is 4.16. The van der Waals surface area contributed by atoms with Gasteiger partial charge in [-0.05, 0) is 35.7 Å². The number of nitrogens with zero attached hydrogens (tertiary/aromatic N) is 2. The van der Waals surface area contributed by atoms with Gasteiger partial charge in [0.05, 0.1) is 17.1 Å². The molecule has 0 radical (unpaired) electrons. The fraction of sp³-hybridized carbons (Fsp3) is 0.0526. The van der Waals surface area contributed by atoms with Gasteiger partial charge in [-0.25, -0.2) is 4.98 Å². The number of nitrogens with one attached hydrogen (secondary N) is 1. The SMILES string of the molecule is O=C(Cc1cccs1)Nc1ccc(-c2cn3cc(Cl)ccc3n2)cc1. The molecule has 3 heterocycles. The number of carbonyl (C=O) groups is 1. The topological polar surface area (TPSA) is 46.4 Å². The quantitative estimate of drug-likeness (QED) is 0.557. The van der Waals surface area contributed by atoms with Crippen molar-refractivity contribution in [2.75, 3.05) is 5.32 Å². The molecule has 25 heavy (non-hydrogen) atoms. The van der Waals surface area contributed by atoms with E-state index >= 15 is 0 Å². The molecular weight excluding hydrogens is 354 g/mol. The van der Waals surface area contributed by atoms with E-state index in [1.807, 2.05) is 70.7 Å². The molecule has 1 N–H and O–H groups in total. The standard InChI is InChI=1S/C19H14ClN3OS/c20-14-5-8-18-22-17(12-23(18)11-14)13-3-6-15(7-4-13)21-19(24)10-16-2-1-9-25-16/h1-9,11-12H,10H2,(H,21,24). The summed E-state index contributed by atoms with van der Waals surface area (Å²) in [5.74, 6) is -0.0161. The van der Waals surface area contributed by atoms with Crippen molar-refractivity contribution < 1.29 is 4.79 Å². The van der Waals surface area contributed by atoms with Crippen molar-refractivity contribution in [1.82, 2.24) is 9.38 Å². The van der Waals surface area contributed by atoms with E-state index in [1.54, 1.807) is 11.3 Å². The predicted molar refractivity (Wildman–Crippen MR) is 102 cm³/mol. The number of aromatic nitrogens is 2. The van der Waals surface area contributed by atoms with Crippen LogP contribution in [0, 0.1) is 0 Å². The third-order valence-electron chi connectivity index (χ3n) is 3.79. The van der Waals surface area contributed by atoms with E-state index in [4.69, 9.17) is 11.6 Å². The van der Waals surface area contributed by atoms with E-state index in [9.17, 15) is 4.79 Å². The van der Waals surface area contributed by atoms with Gasteiger partial charge < -0.3 is 9.72 Å². The molecule has 4 rings (SSSR count). The lowest BCUT2D eigenvalue weighted by molar-refractivity contribution is -0.115. The van der Waals surface area contributed by atoms with Crippen LogP contribution in [-0.4, -0.2) is 15.3 Å². The van der Waals surface area contributed by atoms with Gasteiger partial charge in [-0.15, -0.1) is 11.3 Å². The number of anilines is 1. The van der Waals surface area contributed by atoms with Crippen LogP contribution in [0.3, 0.4) is 0 Å². The molecule has 124 valence electrons. The summed E-state index contributed by atoms with van der Waals surface area (Å²) in [4.78, 5) is 17.7. The van der Waals surface area contributed by atoms with E-state index < -0.39 is 0 Å². The molecule has 0 saturated carbocycles. The lowest BCUT2D eigenvalue weighted by Crippen LogP contribution is -2.13. The Morgan fingerprint density at radius 1 is 1.12 bits per heavy atom. The fourth-order valence-electron chi connectivity index (χ4n) is 2.60. The Balaban J connectivity index is 1.50. The average molecular weight is 368 g/mol. The number of pyridine rings is 1. The number of fused-ring (bicyclic) bond motifs is 1. The van der Waals surface area contributed by atoms with Crippen molar-refractivity contribution >= 4 is 40.2 Å². The maximum absolute atomic E-state index is 12.1. The highest BCUT2D eigenvalue weighted by atomic mass is 35.5. The third kappa shape index (κ3) is 3.57. The van der Waals surface area contributed by atoms with Crippen LogP contribution in [-0.2, 0) is 11.2 Å². The van der Waals surface area contributed by atoms with Crippen LogP contribution in [0.4, 0.5) is 5.69 Å². The van der Waals surface area contributed by atoms with E-state index in [1.165, 1.54) is 0 Å². The minimum atomic E-state index is -0.0161. The van der Waals surface area contributed by atoms with Crippen LogP contribution in [0.5, 0.6) is 0 Å². The van der Waals surface area contributed by atoms with Gasteiger partial charge in [0, 0.05) is 28.5 Å². The number of carbonyl (C=O) groups excluding carboxylic acids is 1. The number of halogens is 1. The minimum absolute atomic E-state index is 0.0161. The summed E-state index contributed by atoms with van der Waals surface area (Å²) in [6.45, 7) is 0. The van der Waals surface area contributed by atoms with Crippen molar-refractivity contribution in [3.63, 3.8) is 0 Å². The largest absolute Gasteiger partial charge is 0.326 e. The van der Waals surface area contributed by atoms with Gasteiger partial charge >= 0.3 is 0 Å². The lowest BCUT2D eigenvalue weighted by atomic mass is 10.1. The molecule has 1 aromatic carbocycles. The zero-order valence-electron chi connectivity index (χ0n) is 13.1. The predicted octanol–water partition coefficient (Wildman–Crippen LogP) is 4.90. The molecule has 3 aromatic heterocycles. The number of amides is 1. The summed E-state index contributed by atoms with van der Waals surface area (Å²) in [6, 6.07) is 15.3. The van der Waals surface area contributed by atoms with Crippen LogP contribution in [0.15, 0.2) is 66.3 Å². The van der Waals surface area contributed by atoms with Crippen LogP contribution < -0.4 is 5.32 Å². The lowest BCUT2D eigenvalue weighted by Gasteiger charge is -2.05. The number of thiophene rings is 1. The molecule has 0 fully saturated rings. The highest BCUT2D eigenvalue weighted by Gasteiger charge is 2.07. The van der Waals surface area contributed by atoms with Crippen LogP contribution >= 0.6 is 22.9 Å². The van der Waals surface area contributed by atoms with Crippen LogP contribution in [0.1, 0.15) is 4.88 Å². The molecule has 0 aliphatic carbocycles. The monoisotopic (exact) mass is 367 g/mol. The molecule has 0 unspecified atom stereocenters. The number of hydrogen-bond acceptors (Lipinski definition) is 3. The summed E-state index contributed by atoms with van der Waals surface area (Å²) >= 11 is 7.59. The Morgan fingerprint density at radius 3 is 2.72 bits per heavy atom. The van der Waals surface area contributed by atoms with Gasteiger partial charge in [-0.1, -0.05) is 29.8 Å².